The van der Waals surface area contributed by atoms with Crippen LogP contribution in [-0.4, -0.2) is 58.5 Å². The average Bonchev–Trinajstić information content (AvgIpc) is 3.85. The number of pyridine rings is 1. The number of hydrogen-bond donors (Lipinski definition) is 2. The van der Waals surface area contributed by atoms with Crippen LogP contribution in [0.15, 0.2) is 103 Å². The number of aromatic nitrogens is 3. The molecule has 59 heavy (non-hydrogen) atoms. The number of methoxy groups -OCH3 is 1. The Morgan fingerprint density at radius 2 is 1.80 bits per heavy atom. The van der Waals surface area contributed by atoms with Crippen molar-refractivity contribution >= 4 is 44.8 Å². The van der Waals surface area contributed by atoms with E-state index >= 15 is 0 Å². The summed E-state index contributed by atoms with van der Waals surface area (Å²) in [6, 6.07) is 27.3. The van der Waals surface area contributed by atoms with Crippen molar-refractivity contribution in [2.45, 2.75) is 69.4 Å². The molecule has 0 bridgehead atoms. The predicted molar refractivity (Wildman–Crippen MR) is 232 cm³/mol. The number of carboxylic acid groups (broad SMARTS) is 1. The molecule has 0 amide bonds. The highest BCUT2D eigenvalue weighted by Crippen LogP contribution is 2.57. The second-order valence-corrected chi connectivity index (χ2v) is 17.2. The number of nitrogens with zero attached hydrogens (tertiary/aromatic N) is 3. The summed E-state index contributed by atoms with van der Waals surface area (Å²) in [4.78, 5) is 26.6. The fourth-order valence-electron chi connectivity index (χ4n) is 9.02. The molecular weight excluding hydrogens is 784 g/mol. The monoisotopic (exact) mass is 832 g/mol. The van der Waals surface area contributed by atoms with Gasteiger partial charge in [-0.3, -0.25) is 4.98 Å². The highest BCUT2D eigenvalue weighted by atomic mass is 35.5. The third-order valence-corrected chi connectivity index (χ3v) is 13.2. The third-order valence-electron chi connectivity index (χ3n) is 12.0. The van der Waals surface area contributed by atoms with Gasteiger partial charge in [0.25, 0.3) is 0 Å². The number of carbonyl (C=O) groups is 1. The molecule has 10 nitrogen and oxygen atoms in total. The van der Waals surface area contributed by atoms with Gasteiger partial charge in [-0.1, -0.05) is 42.8 Å². The van der Waals surface area contributed by atoms with Crippen molar-refractivity contribution in [1.82, 2.24) is 15.0 Å². The number of para-hydroxylation sites is 1. The molecule has 1 spiro atoms. The van der Waals surface area contributed by atoms with E-state index in [0.717, 1.165) is 70.1 Å². The number of aliphatic carboxylic acids is 1. The van der Waals surface area contributed by atoms with Crippen molar-refractivity contribution in [3.8, 4) is 28.6 Å². The molecular formula is C47H49ClN4O6S. The maximum atomic E-state index is 13.0. The standard InChI is InChI=1S/C47H49ClN4O6S/c1-31(29-58-42-14-21-49-40-15-24-59-43(40)42)25-33-26-32-11-12-37(57-23-6-22-56-30-36-13-20-50-44(51-36)38-9-3-4-10-41(38)55-2)28-39(32)46(33)16-18-47(19-17-46,45(53)54)52-35-8-5-7-34(48)27-35/h3-5,7-15,20-21,24,27-28,31,33,52H,6,16-19,22-23,25-26,29-30H2,1-2H3,(H,53,54)/t31-,33+,46?,47?/m1/s1. The number of thiophene rings is 1. The van der Waals surface area contributed by atoms with Gasteiger partial charge in [0.15, 0.2) is 5.82 Å². The summed E-state index contributed by atoms with van der Waals surface area (Å²) in [5, 5.41) is 16.7. The number of nitrogens with one attached hydrogen (secondary N) is 1. The molecule has 3 aromatic carbocycles. The Balaban J connectivity index is 0.933. The van der Waals surface area contributed by atoms with Crippen LogP contribution in [0.3, 0.4) is 0 Å². The quantitative estimate of drug-likeness (QED) is 0.0858. The molecule has 0 saturated heterocycles. The molecule has 0 aliphatic heterocycles. The van der Waals surface area contributed by atoms with E-state index in [9.17, 15) is 9.90 Å². The zero-order valence-corrected chi connectivity index (χ0v) is 34.9. The minimum absolute atomic E-state index is 0.196. The lowest BCUT2D eigenvalue weighted by Gasteiger charge is -2.47. The zero-order chi connectivity index (χ0) is 40.8. The van der Waals surface area contributed by atoms with Gasteiger partial charge in [0.1, 0.15) is 22.8 Å². The number of ether oxygens (including phenoxy) is 4. The maximum absolute atomic E-state index is 13.0. The minimum Gasteiger partial charge on any atom is -0.496 e. The van der Waals surface area contributed by atoms with E-state index in [1.807, 2.05) is 60.0 Å². The lowest BCUT2D eigenvalue weighted by Crippen LogP contribution is -2.53. The molecule has 0 radical (unpaired) electrons. The van der Waals surface area contributed by atoms with E-state index < -0.39 is 11.5 Å². The van der Waals surface area contributed by atoms with Gasteiger partial charge < -0.3 is 29.4 Å². The summed E-state index contributed by atoms with van der Waals surface area (Å²) in [6.07, 6.45) is 8.57. The fourth-order valence-corrected chi connectivity index (χ4v) is 10.0. The molecule has 12 heteroatoms. The highest BCUT2D eigenvalue weighted by molar-refractivity contribution is 7.17. The second-order valence-electron chi connectivity index (χ2n) is 15.8. The molecule has 2 aliphatic rings. The van der Waals surface area contributed by atoms with Crippen molar-refractivity contribution in [2.24, 2.45) is 11.8 Å². The van der Waals surface area contributed by atoms with Crippen LogP contribution < -0.4 is 19.5 Å². The smallest absolute Gasteiger partial charge is 0.329 e. The third kappa shape index (κ3) is 8.88. The van der Waals surface area contributed by atoms with Crippen LogP contribution in [0.5, 0.6) is 17.2 Å². The Kier molecular flexibility index (Phi) is 12.3. The lowest BCUT2D eigenvalue weighted by molar-refractivity contribution is -0.144. The van der Waals surface area contributed by atoms with Gasteiger partial charge >= 0.3 is 5.97 Å². The Labute approximate surface area is 353 Å². The summed E-state index contributed by atoms with van der Waals surface area (Å²) >= 11 is 7.95. The predicted octanol–water partition coefficient (Wildman–Crippen LogP) is 10.4. The number of rotatable bonds is 17. The van der Waals surface area contributed by atoms with Crippen molar-refractivity contribution < 1.29 is 28.8 Å². The van der Waals surface area contributed by atoms with E-state index in [4.69, 9.17) is 35.5 Å². The first kappa shape index (κ1) is 40.5. The molecule has 6 aromatic rings. The Morgan fingerprint density at radius 1 is 0.949 bits per heavy atom. The first-order chi connectivity index (χ1) is 28.7. The van der Waals surface area contributed by atoms with Gasteiger partial charge in [-0.15, -0.1) is 11.3 Å². The summed E-state index contributed by atoms with van der Waals surface area (Å²) in [5.74, 6) is 2.77. The molecule has 2 N–H and O–H groups in total. The van der Waals surface area contributed by atoms with Gasteiger partial charge in [0.05, 0.1) is 55.0 Å². The zero-order valence-electron chi connectivity index (χ0n) is 33.4. The van der Waals surface area contributed by atoms with Crippen molar-refractivity contribution in [1.29, 1.82) is 0 Å². The minimum atomic E-state index is -1.10. The summed E-state index contributed by atoms with van der Waals surface area (Å²) in [5.41, 5.74) is 4.61. The second kappa shape index (κ2) is 17.9. The van der Waals surface area contributed by atoms with Crippen LogP contribution in [0.1, 0.15) is 62.3 Å². The Bertz CT molecular complexity index is 2400. The molecule has 1 fully saturated rings. The summed E-state index contributed by atoms with van der Waals surface area (Å²) in [7, 11) is 1.64. The van der Waals surface area contributed by atoms with Crippen LogP contribution in [0.4, 0.5) is 5.69 Å². The highest BCUT2D eigenvalue weighted by Gasteiger charge is 2.54. The number of benzene rings is 3. The summed E-state index contributed by atoms with van der Waals surface area (Å²) < 4.78 is 25.3. The molecule has 2 atom stereocenters. The van der Waals surface area contributed by atoms with Gasteiger partial charge in [-0.05, 0) is 133 Å². The molecule has 3 heterocycles. The Hall–Kier alpha value is -5.23. The lowest BCUT2D eigenvalue weighted by atomic mass is 9.59. The normalized spacial score (nSPS) is 20.3. The molecule has 2 aliphatic carbocycles. The van der Waals surface area contributed by atoms with Crippen molar-refractivity contribution in [3.63, 3.8) is 0 Å². The van der Waals surface area contributed by atoms with Gasteiger partial charge in [0, 0.05) is 29.5 Å². The van der Waals surface area contributed by atoms with Crippen LogP contribution in [0.25, 0.3) is 21.6 Å². The van der Waals surface area contributed by atoms with Gasteiger partial charge in [0.2, 0.25) is 0 Å². The van der Waals surface area contributed by atoms with Crippen LogP contribution in [0, 0.1) is 11.8 Å². The summed E-state index contributed by atoms with van der Waals surface area (Å²) in [6.45, 7) is 4.22. The van der Waals surface area contributed by atoms with E-state index in [1.165, 1.54) is 11.1 Å². The van der Waals surface area contributed by atoms with Crippen LogP contribution in [0.2, 0.25) is 5.02 Å². The molecule has 1 saturated carbocycles. The van der Waals surface area contributed by atoms with E-state index in [1.54, 1.807) is 43.0 Å². The molecule has 0 unspecified atom stereocenters. The number of halogens is 1. The molecule has 8 rings (SSSR count). The number of anilines is 1. The first-order valence-electron chi connectivity index (χ1n) is 20.3. The topological polar surface area (TPSA) is 125 Å². The number of fused-ring (bicyclic) bond motifs is 3. The van der Waals surface area contributed by atoms with Crippen molar-refractivity contribution in [3.05, 3.63) is 125 Å². The first-order valence-corrected chi connectivity index (χ1v) is 21.5. The van der Waals surface area contributed by atoms with E-state index in [0.29, 0.717) is 62.5 Å². The SMILES string of the molecule is COc1ccccc1-c1nccc(COCCCOc2ccc3c(c2)C2(CCC(Nc4cccc(Cl)c4)(C(=O)O)CC2)[C@@H](C[C@@H](C)COc2ccnc4ccsc24)C3)n1. The number of hydrogen-bond acceptors (Lipinski definition) is 10. The Morgan fingerprint density at radius 3 is 2.63 bits per heavy atom. The average molecular weight is 833 g/mol. The van der Waals surface area contributed by atoms with E-state index in [2.05, 4.69) is 40.4 Å². The van der Waals surface area contributed by atoms with Gasteiger partial charge in [-0.2, -0.15) is 0 Å². The van der Waals surface area contributed by atoms with Crippen LogP contribution in [-0.2, 0) is 28.0 Å². The molecule has 306 valence electrons. The van der Waals surface area contributed by atoms with E-state index in [-0.39, 0.29) is 11.3 Å². The fraction of sp³-hybridized carbons (Fsp3) is 0.362. The van der Waals surface area contributed by atoms with Gasteiger partial charge in [-0.25, -0.2) is 14.8 Å². The maximum Gasteiger partial charge on any atom is 0.329 e. The van der Waals surface area contributed by atoms with Crippen LogP contribution >= 0.6 is 22.9 Å². The van der Waals surface area contributed by atoms with Crippen molar-refractivity contribution in [2.75, 3.05) is 32.2 Å². The molecule has 3 aromatic heterocycles. The largest absolute Gasteiger partial charge is 0.496 e. The number of carboxylic acids is 1.